The van der Waals surface area contributed by atoms with Gasteiger partial charge in [-0.1, -0.05) is 55.1 Å². The molecule has 1 atom stereocenters. The minimum atomic E-state index is 0.415. The van der Waals surface area contributed by atoms with Crippen LogP contribution in [-0.2, 0) is 6.42 Å². The van der Waals surface area contributed by atoms with E-state index in [4.69, 9.17) is 0 Å². The molecule has 1 nitrogen and oxygen atoms in total. The van der Waals surface area contributed by atoms with Gasteiger partial charge < -0.3 is 4.90 Å². The molecule has 0 radical (unpaired) electrons. The topological polar surface area (TPSA) is 3.24 Å². The molecule has 92 valence electrons. The van der Waals surface area contributed by atoms with Gasteiger partial charge in [0, 0.05) is 11.9 Å². The predicted molar refractivity (Wildman–Crippen MR) is 79.3 cm³/mol. The van der Waals surface area contributed by atoms with E-state index in [2.05, 4.69) is 67.4 Å². The monoisotopic (exact) mass is 255 g/mol. The first-order valence-electron chi connectivity index (χ1n) is 6.37. The molecule has 1 aliphatic heterocycles. The average molecular weight is 255 g/mol. The molecule has 0 bridgehead atoms. The first kappa shape index (κ1) is 11.7. The standard InChI is InChI=1S/C16H17NS/c1-3-12-8-4-5-9-13(12)16-17(2)14-10-6-7-11-15(14)18-16/h4-11,16H,3H2,1-2H3. The first-order valence-corrected chi connectivity index (χ1v) is 7.25. The zero-order valence-corrected chi connectivity index (χ0v) is 11.6. The van der Waals surface area contributed by atoms with Gasteiger partial charge in [-0.05, 0) is 29.7 Å². The maximum Gasteiger partial charge on any atom is 0.105 e. The molecule has 2 aromatic rings. The molecule has 2 heteroatoms. The summed E-state index contributed by atoms with van der Waals surface area (Å²) in [7, 11) is 2.19. The number of hydrogen-bond acceptors (Lipinski definition) is 2. The quantitative estimate of drug-likeness (QED) is 0.778. The Labute approximate surface area is 113 Å². The van der Waals surface area contributed by atoms with E-state index < -0.39 is 0 Å². The van der Waals surface area contributed by atoms with Crippen molar-refractivity contribution in [2.75, 3.05) is 11.9 Å². The van der Waals surface area contributed by atoms with Crippen molar-refractivity contribution in [3.05, 3.63) is 59.7 Å². The van der Waals surface area contributed by atoms with Crippen molar-refractivity contribution >= 4 is 17.4 Å². The van der Waals surface area contributed by atoms with Gasteiger partial charge in [0.15, 0.2) is 0 Å². The number of rotatable bonds is 2. The lowest BCUT2D eigenvalue weighted by Crippen LogP contribution is -2.18. The summed E-state index contributed by atoms with van der Waals surface area (Å²) in [6.45, 7) is 2.23. The van der Waals surface area contributed by atoms with E-state index in [1.54, 1.807) is 0 Å². The third kappa shape index (κ3) is 1.81. The maximum atomic E-state index is 2.38. The summed E-state index contributed by atoms with van der Waals surface area (Å²) in [5.41, 5.74) is 4.25. The lowest BCUT2D eigenvalue weighted by molar-refractivity contribution is 0.892. The maximum absolute atomic E-state index is 2.38. The zero-order chi connectivity index (χ0) is 12.5. The molecule has 1 heterocycles. The van der Waals surface area contributed by atoms with Gasteiger partial charge in [0.2, 0.25) is 0 Å². The van der Waals surface area contributed by atoms with Crippen LogP contribution in [0.1, 0.15) is 23.4 Å². The fourth-order valence-corrected chi connectivity index (χ4v) is 3.90. The minimum Gasteiger partial charge on any atom is -0.357 e. The van der Waals surface area contributed by atoms with Gasteiger partial charge in [-0.25, -0.2) is 0 Å². The van der Waals surface area contributed by atoms with Crippen LogP contribution in [0, 0.1) is 0 Å². The van der Waals surface area contributed by atoms with E-state index >= 15 is 0 Å². The molecule has 0 spiro atoms. The van der Waals surface area contributed by atoms with E-state index in [0.717, 1.165) is 6.42 Å². The van der Waals surface area contributed by atoms with Crippen molar-refractivity contribution in [2.24, 2.45) is 0 Å². The molecule has 1 aliphatic rings. The summed E-state index contributed by atoms with van der Waals surface area (Å²) in [6.07, 6.45) is 1.09. The summed E-state index contributed by atoms with van der Waals surface area (Å²) in [5, 5.41) is 0.415. The van der Waals surface area contributed by atoms with E-state index in [1.165, 1.54) is 21.7 Å². The highest BCUT2D eigenvalue weighted by molar-refractivity contribution is 8.00. The highest BCUT2D eigenvalue weighted by atomic mass is 32.2. The normalized spacial score (nSPS) is 17.9. The lowest BCUT2D eigenvalue weighted by atomic mass is 10.0. The SMILES string of the molecule is CCc1ccccc1C1Sc2ccccc2N1C. The van der Waals surface area contributed by atoms with E-state index in [1.807, 2.05) is 11.8 Å². The number of para-hydroxylation sites is 1. The van der Waals surface area contributed by atoms with E-state index in [-0.39, 0.29) is 0 Å². The van der Waals surface area contributed by atoms with Crippen LogP contribution in [0.3, 0.4) is 0 Å². The Balaban J connectivity index is 2.01. The lowest BCUT2D eigenvalue weighted by Gasteiger charge is -2.23. The van der Waals surface area contributed by atoms with E-state index in [0.29, 0.717) is 5.37 Å². The molecule has 18 heavy (non-hydrogen) atoms. The summed E-state index contributed by atoms with van der Waals surface area (Å²) in [4.78, 5) is 3.77. The van der Waals surface area contributed by atoms with Gasteiger partial charge in [-0.15, -0.1) is 0 Å². The molecule has 0 aromatic heterocycles. The summed E-state index contributed by atoms with van der Waals surface area (Å²) >= 11 is 1.95. The second kappa shape index (κ2) is 4.69. The molecule has 0 saturated carbocycles. The van der Waals surface area contributed by atoms with Gasteiger partial charge in [0.25, 0.3) is 0 Å². The molecule has 0 aliphatic carbocycles. The molecule has 3 rings (SSSR count). The predicted octanol–water partition coefficient (Wildman–Crippen LogP) is 4.49. The first-order chi connectivity index (χ1) is 8.81. The third-order valence-corrected chi connectivity index (χ3v) is 4.93. The Bertz CT molecular complexity index is 565. The van der Waals surface area contributed by atoms with Crippen LogP contribution in [-0.4, -0.2) is 7.05 Å². The number of aryl methyl sites for hydroxylation is 1. The Morgan fingerprint density at radius 2 is 1.78 bits per heavy atom. The fraction of sp³-hybridized carbons (Fsp3) is 0.250. The van der Waals surface area contributed by atoms with Crippen molar-refractivity contribution in [2.45, 2.75) is 23.6 Å². The number of benzene rings is 2. The van der Waals surface area contributed by atoms with Crippen LogP contribution in [0.4, 0.5) is 5.69 Å². The van der Waals surface area contributed by atoms with E-state index in [9.17, 15) is 0 Å². The van der Waals surface area contributed by atoms with Crippen LogP contribution in [0.5, 0.6) is 0 Å². The Kier molecular flexibility index (Phi) is 3.04. The number of thioether (sulfide) groups is 1. The van der Waals surface area contributed by atoms with Crippen molar-refractivity contribution in [1.29, 1.82) is 0 Å². The summed E-state index contributed by atoms with van der Waals surface area (Å²) < 4.78 is 0. The van der Waals surface area contributed by atoms with Crippen LogP contribution < -0.4 is 4.90 Å². The van der Waals surface area contributed by atoms with Crippen LogP contribution in [0.2, 0.25) is 0 Å². The highest BCUT2D eigenvalue weighted by Gasteiger charge is 2.29. The Morgan fingerprint density at radius 3 is 2.56 bits per heavy atom. The summed E-state index contributed by atoms with van der Waals surface area (Å²) in [6, 6.07) is 17.4. The minimum absolute atomic E-state index is 0.415. The average Bonchev–Trinajstić information content (AvgIpc) is 2.76. The van der Waals surface area contributed by atoms with Crippen molar-refractivity contribution in [3.8, 4) is 0 Å². The zero-order valence-electron chi connectivity index (χ0n) is 10.8. The van der Waals surface area contributed by atoms with Crippen LogP contribution in [0.15, 0.2) is 53.4 Å². The van der Waals surface area contributed by atoms with Gasteiger partial charge in [-0.3, -0.25) is 0 Å². The van der Waals surface area contributed by atoms with Crippen molar-refractivity contribution < 1.29 is 0 Å². The second-order valence-corrected chi connectivity index (χ2v) is 5.72. The number of hydrogen-bond donors (Lipinski definition) is 0. The van der Waals surface area contributed by atoms with Crippen molar-refractivity contribution in [3.63, 3.8) is 0 Å². The third-order valence-electron chi connectivity index (χ3n) is 3.54. The largest absolute Gasteiger partial charge is 0.357 e. The molecule has 0 saturated heterocycles. The van der Waals surface area contributed by atoms with Gasteiger partial charge in [-0.2, -0.15) is 0 Å². The van der Waals surface area contributed by atoms with Gasteiger partial charge in [0.05, 0.1) is 5.69 Å². The number of nitrogens with zero attached hydrogens (tertiary/aromatic N) is 1. The fourth-order valence-electron chi connectivity index (χ4n) is 2.54. The molecular weight excluding hydrogens is 238 g/mol. The molecule has 0 N–H and O–H groups in total. The van der Waals surface area contributed by atoms with Crippen LogP contribution in [0.25, 0.3) is 0 Å². The highest BCUT2D eigenvalue weighted by Crippen LogP contribution is 2.50. The molecule has 1 unspecified atom stereocenters. The van der Waals surface area contributed by atoms with Crippen LogP contribution >= 0.6 is 11.8 Å². The van der Waals surface area contributed by atoms with Crippen molar-refractivity contribution in [1.82, 2.24) is 0 Å². The van der Waals surface area contributed by atoms with Gasteiger partial charge in [0.1, 0.15) is 5.37 Å². The number of fused-ring (bicyclic) bond motifs is 1. The molecule has 2 aromatic carbocycles. The molecular formula is C16H17NS. The van der Waals surface area contributed by atoms with Gasteiger partial charge >= 0.3 is 0 Å². The molecule has 0 fully saturated rings. The Morgan fingerprint density at radius 1 is 1.06 bits per heavy atom. The summed E-state index contributed by atoms with van der Waals surface area (Å²) in [5.74, 6) is 0. The molecule has 0 amide bonds. The number of anilines is 1. The smallest absolute Gasteiger partial charge is 0.105 e. The second-order valence-electron chi connectivity index (χ2n) is 4.60. The Hall–Kier alpha value is -1.41.